The van der Waals surface area contributed by atoms with Gasteiger partial charge >= 0.3 is 0 Å². The molecule has 0 aromatic heterocycles. The van der Waals surface area contributed by atoms with Crippen LogP contribution in [0.2, 0.25) is 0 Å². The van der Waals surface area contributed by atoms with Crippen LogP contribution in [0.1, 0.15) is 33.1 Å². The van der Waals surface area contributed by atoms with Gasteiger partial charge in [-0.05, 0) is 62.6 Å². The first kappa shape index (κ1) is 21.0. The maximum atomic E-state index is 12.3. The van der Waals surface area contributed by atoms with Crippen LogP contribution in [0, 0.1) is 0 Å². The number of ether oxygens (including phenoxy) is 3. The van der Waals surface area contributed by atoms with Gasteiger partial charge in [-0.15, -0.1) is 0 Å². The number of hydrogen-bond donors (Lipinski definition) is 2. The number of carbonyl (C=O) groups is 1. The molecule has 2 atom stereocenters. The second kappa shape index (κ2) is 10.7. The normalized spacial score (nSPS) is 16.8. The fourth-order valence-corrected chi connectivity index (χ4v) is 2.98. The first-order valence-corrected chi connectivity index (χ1v) is 10.3. The van der Waals surface area contributed by atoms with Crippen molar-refractivity contribution in [1.29, 1.82) is 0 Å². The molecule has 0 saturated carbocycles. The molecule has 29 heavy (non-hydrogen) atoms. The Kier molecular flexibility index (Phi) is 7.76. The van der Waals surface area contributed by atoms with Crippen LogP contribution in [0.3, 0.4) is 0 Å². The zero-order valence-electron chi connectivity index (χ0n) is 17.1. The third-order valence-corrected chi connectivity index (χ3v) is 4.80. The Morgan fingerprint density at radius 2 is 2.00 bits per heavy atom. The zero-order valence-corrected chi connectivity index (χ0v) is 17.1. The van der Waals surface area contributed by atoms with Crippen molar-refractivity contribution in [1.82, 2.24) is 0 Å². The lowest BCUT2D eigenvalue weighted by molar-refractivity contribution is -0.114. The molecule has 0 aliphatic carbocycles. The lowest BCUT2D eigenvalue weighted by Crippen LogP contribution is -2.21. The monoisotopic (exact) mass is 398 g/mol. The lowest BCUT2D eigenvalue weighted by atomic mass is 10.2. The Morgan fingerprint density at radius 1 is 1.17 bits per heavy atom. The maximum absolute atomic E-state index is 12.3. The van der Waals surface area contributed by atoms with Gasteiger partial charge in [-0.25, -0.2) is 0 Å². The summed E-state index contributed by atoms with van der Waals surface area (Å²) in [5.74, 6) is 1.43. The predicted octanol–water partition coefficient (Wildman–Crippen LogP) is 4.47. The van der Waals surface area contributed by atoms with E-state index in [9.17, 15) is 4.79 Å². The molecule has 1 saturated heterocycles. The average Bonchev–Trinajstić information content (AvgIpc) is 3.26. The SMILES string of the molecule is CCC(C)Oc1ccc(NCC(=O)Nc2cccc(OCC3CCCO3)c2)cc1. The summed E-state index contributed by atoms with van der Waals surface area (Å²) in [6, 6.07) is 15.0. The van der Waals surface area contributed by atoms with Crippen LogP contribution in [-0.4, -0.2) is 37.9 Å². The molecule has 0 radical (unpaired) electrons. The van der Waals surface area contributed by atoms with Crippen LogP contribution < -0.4 is 20.1 Å². The van der Waals surface area contributed by atoms with Crippen LogP contribution in [0.25, 0.3) is 0 Å². The standard InChI is InChI=1S/C23H30N2O4/c1-3-17(2)29-20-11-9-18(10-12-20)24-15-23(26)25-19-6-4-7-21(14-19)28-16-22-8-5-13-27-22/h4,6-7,9-12,14,17,22,24H,3,5,8,13,15-16H2,1-2H3,(H,25,26). The lowest BCUT2D eigenvalue weighted by Gasteiger charge is -2.14. The Bertz CT molecular complexity index is 773. The maximum Gasteiger partial charge on any atom is 0.243 e. The van der Waals surface area contributed by atoms with Crippen molar-refractivity contribution in [3.63, 3.8) is 0 Å². The summed E-state index contributed by atoms with van der Waals surface area (Å²) in [4.78, 5) is 12.3. The topological polar surface area (TPSA) is 68.8 Å². The molecule has 6 nitrogen and oxygen atoms in total. The van der Waals surface area contributed by atoms with E-state index >= 15 is 0 Å². The number of benzene rings is 2. The van der Waals surface area contributed by atoms with Gasteiger partial charge in [-0.3, -0.25) is 4.79 Å². The van der Waals surface area contributed by atoms with Crippen molar-refractivity contribution in [2.45, 2.75) is 45.3 Å². The van der Waals surface area contributed by atoms with E-state index in [4.69, 9.17) is 14.2 Å². The van der Waals surface area contributed by atoms with Crippen LogP contribution in [-0.2, 0) is 9.53 Å². The zero-order chi connectivity index (χ0) is 20.5. The quantitative estimate of drug-likeness (QED) is 0.618. The molecule has 1 aliphatic rings. The van der Waals surface area contributed by atoms with E-state index in [1.54, 1.807) is 0 Å². The third-order valence-electron chi connectivity index (χ3n) is 4.80. The molecule has 2 unspecified atom stereocenters. The van der Waals surface area contributed by atoms with Gasteiger partial charge in [0.15, 0.2) is 0 Å². The number of anilines is 2. The smallest absolute Gasteiger partial charge is 0.243 e. The summed E-state index contributed by atoms with van der Waals surface area (Å²) in [5, 5.41) is 6.01. The first-order chi connectivity index (χ1) is 14.1. The van der Waals surface area contributed by atoms with E-state index in [2.05, 4.69) is 17.6 Å². The van der Waals surface area contributed by atoms with Crippen molar-refractivity contribution >= 4 is 17.3 Å². The summed E-state index contributed by atoms with van der Waals surface area (Å²) in [6.45, 7) is 5.65. The molecular formula is C23H30N2O4. The molecule has 1 fully saturated rings. The molecule has 6 heteroatoms. The second-order valence-electron chi connectivity index (χ2n) is 7.24. The van der Waals surface area contributed by atoms with E-state index in [0.717, 1.165) is 43.1 Å². The van der Waals surface area contributed by atoms with Crippen molar-refractivity contribution in [3.8, 4) is 11.5 Å². The largest absolute Gasteiger partial charge is 0.491 e. The molecule has 0 spiro atoms. The fraction of sp³-hybridized carbons (Fsp3) is 0.435. The van der Waals surface area contributed by atoms with Crippen molar-refractivity contribution in [3.05, 3.63) is 48.5 Å². The van der Waals surface area contributed by atoms with Gasteiger partial charge in [0.25, 0.3) is 0 Å². The van der Waals surface area contributed by atoms with Gasteiger partial charge in [0.2, 0.25) is 5.91 Å². The van der Waals surface area contributed by atoms with Gasteiger partial charge in [0, 0.05) is 24.0 Å². The Balaban J connectivity index is 1.43. The van der Waals surface area contributed by atoms with Crippen LogP contribution in [0.5, 0.6) is 11.5 Å². The van der Waals surface area contributed by atoms with Gasteiger partial charge in [0.1, 0.15) is 18.1 Å². The van der Waals surface area contributed by atoms with Crippen molar-refractivity contribution in [2.75, 3.05) is 30.4 Å². The minimum atomic E-state index is -0.124. The fourth-order valence-electron chi connectivity index (χ4n) is 2.98. The van der Waals surface area contributed by atoms with Gasteiger partial charge in [0.05, 0.1) is 18.8 Å². The highest BCUT2D eigenvalue weighted by Crippen LogP contribution is 2.20. The molecule has 2 aromatic carbocycles. The molecular weight excluding hydrogens is 368 g/mol. The highest BCUT2D eigenvalue weighted by molar-refractivity contribution is 5.93. The molecule has 0 bridgehead atoms. The molecule has 2 aromatic rings. The molecule has 1 aliphatic heterocycles. The number of hydrogen-bond acceptors (Lipinski definition) is 5. The van der Waals surface area contributed by atoms with Crippen LogP contribution in [0.15, 0.2) is 48.5 Å². The third kappa shape index (κ3) is 6.98. The first-order valence-electron chi connectivity index (χ1n) is 10.3. The summed E-state index contributed by atoms with van der Waals surface area (Å²) in [7, 11) is 0. The molecule has 1 heterocycles. The van der Waals surface area contributed by atoms with Crippen LogP contribution >= 0.6 is 0 Å². The molecule has 2 N–H and O–H groups in total. The summed E-state index contributed by atoms with van der Waals surface area (Å²) in [5.41, 5.74) is 1.57. The van der Waals surface area contributed by atoms with Gasteiger partial charge < -0.3 is 24.8 Å². The van der Waals surface area contributed by atoms with Crippen molar-refractivity contribution < 1.29 is 19.0 Å². The summed E-state index contributed by atoms with van der Waals surface area (Å²) < 4.78 is 17.1. The second-order valence-corrected chi connectivity index (χ2v) is 7.24. The number of nitrogens with one attached hydrogen (secondary N) is 2. The highest BCUT2D eigenvalue weighted by atomic mass is 16.5. The predicted molar refractivity (Wildman–Crippen MR) is 115 cm³/mol. The van der Waals surface area contributed by atoms with E-state index in [-0.39, 0.29) is 24.7 Å². The van der Waals surface area contributed by atoms with E-state index in [0.29, 0.717) is 12.3 Å². The molecule has 156 valence electrons. The number of carbonyl (C=O) groups excluding carboxylic acids is 1. The van der Waals surface area contributed by atoms with Crippen molar-refractivity contribution in [2.24, 2.45) is 0 Å². The Morgan fingerprint density at radius 3 is 2.72 bits per heavy atom. The highest BCUT2D eigenvalue weighted by Gasteiger charge is 2.16. The van der Waals surface area contributed by atoms with Gasteiger partial charge in [-0.1, -0.05) is 13.0 Å². The van der Waals surface area contributed by atoms with Gasteiger partial charge in [-0.2, -0.15) is 0 Å². The molecule has 3 rings (SSSR count). The average molecular weight is 399 g/mol. The minimum absolute atomic E-state index is 0.124. The molecule has 1 amide bonds. The Hall–Kier alpha value is -2.73. The number of rotatable bonds is 10. The van der Waals surface area contributed by atoms with Crippen LogP contribution in [0.4, 0.5) is 11.4 Å². The summed E-state index contributed by atoms with van der Waals surface area (Å²) in [6.07, 6.45) is 3.43. The number of amides is 1. The Labute approximate surface area is 172 Å². The van der Waals surface area contributed by atoms with E-state index in [1.165, 1.54) is 0 Å². The minimum Gasteiger partial charge on any atom is -0.491 e. The van der Waals surface area contributed by atoms with E-state index < -0.39 is 0 Å². The summed E-state index contributed by atoms with van der Waals surface area (Å²) >= 11 is 0. The van der Waals surface area contributed by atoms with E-state index in [1.807, 2.05) is 55.5 Å².